The number of nitrogens with one attached hydrogen (secondary N) is 1. The molecule has 0 saturated carbocycles. The number of benzene rings is 2. The fourth-order valence-corrected chi connectivity index (χ4v) is 4.75. The third kappa shape index (κ3) is 4.36. The van der Waals surface area contributed by atoms with Crippen LogP contribution < -0.4 is 10.9 Å². The van der Waals surface area contributed by atoms with Gasteiger partial charge in [-0.05, 0) is 56.0 Å². The predicted molar refractivity (Wildman–Crippen MR) is 133 cm³/mol. The van der Waals surface area contributed by atoms with Gasteiger partial charge in [0.25, 0.3) is 5.56 Å². The van der Waals surface area contributed by atoms with Crippen molar-refractivity contribution in [3.05, 3.63) is 81.2 Å². The maximum absolute atomic E-state index is 13.5. The summed E-state index contributed by atoms with van der Waals surface area (Å²) in [5.41, 5.74) is 4.90. The van der Waals surface area contributed by atoms with Gasteiger partial charge in [-0.25, -0.2) is 4.98 Å². The molecular formula is C26H25N3O3S. The van der Waals surface area contributed by atoms with E-state index in [9.17, 15) is 14.4 Å². The molecule has 0 spiro atoms. The van der Waals surface area contributed by atoms with Crippen LogP contribution in [-0.4, -0.2) is 21.2 Å². The number of carbonyl (C=O) groups excluding carboxylic acids is 2. The summed E-state index contributed by atoms with van der Waals surface area (Å²) in [7, 11) is 0. The number of aromatic nitrogens is 2. The van der Waals surface area contributed by atoms with Gasteiger partial charge in [-0.1, -0.05) is 37.3 Å². The Kier molecular flexibility index (Phi) is 6.24. The van der Waals surface area contributed by atoms with Gasteiger partial charge in [-0.2, -0.15) is 0 Å². The van der Waals surface area contributed by atoms with Crippen LogP contribution in [0.5, 0.6) is 0 Å². The average molecular weight is 460 g/mol. The van der Waals surface area contributed by atoms with Crippen molar-refractivity contribution in [2.75, 3.05) is 5.32 Å². The molecule has 2 heterocycles. The minimum atomic E-state index is -0.733. The molecule has 0 saturated heterocycles. The van der Waals surface area contributed by atoms with E-state index in [2.05, 4.69) is 23.3 Å². The SMILES string of the molecule is CCC(C(=O)Nc1cccc(C(C)=O)c1)n1cnc2scc(-c3ccc(C)c(C)c3)c2c1=O. The lowest BCUT2D eigenvalue weighted by atomic mass is 10.0. The zero-order chi connectivity index (χ0) is 23.7. The lowest BCUT2D eigenvalue weighted by molar-refractivity contribution is -0.119. The highest BCUT2D eigenvalue weighted by molar-refractivity contribution is 7.17. The summed E-state index contributed by atoms with van der Waals surface area (Å²) < 4.78 is 1.41. The molecule has 0 aliphatic rings. The van der Waals surface area contributed by atoms with Gasteiger partial charge in [-0.15, -0.1) is 11.3 Å². The van der Waals surface area contributed by atoms with Gasteiger partial charge in [0.05, 0.1) is 11.7 Å². The first-order valence-electron chi connectivity index (χ1n) is 10.8. The van der Waals surface area contributed by atoms with E-state index >= 15 is 0 Å². The van der Waals surface area contributed by atoms with Gasteiger partial charge in [0.2, 0.25) is 5.91 Å². The van der Waals surface area contributed by atoms with Crippen molar-refractivity contribution in [2.45, 2.75) is 40.2 Å². The third-order valence-electron chi connectivity index (χ3n) is 5.90. The van der Waals surface area contributed by atoms with Crippen molar-refractivity contribution in [1.29, 1.82) is 0 Å². The Bertz CT molecular complexity index is 1430. The Morgan fingerprint density at radius 1 is 1.12 bits per heavy atom. The molecule has 1 unspecified atom stereocenters. The van der Waals surface area contributed by atoms with Crippen molar-refractivity contribution in [3.63, 3.8) is 0 Å². The van der Waals surface area contributed by atoms with Crippen LogP contribution >= 0.6 is 11.3 Å². The molecule has 0 bridgehead atoms. The number of rotatable bonds is 6. The summed E-state index contributed by atoms with van der Waals surface area (Å²) in [5, 5.41) is 5.31. The number of hydrogen-bond acceptors (Lipinski definition) is 5. The van der Waals surface area contributed by atoms with Gasteiger partial charge >= 0.3 is 0 Å². The highest BCUT2D eigenvalue weighted by Crippen LogP contribution is 2.32. The molecule has 2 aromatic carbocycles. The van der Waals surface area contributed by atoms with E-state index in [-0.39, 0.29) is 17.2 Å². The van der Waals surface area contributed by atoms with Crippen LogP contribution in [0.3, 0.4) is 0 Å². The molecule has 1 amide bonds. The van der Waals surface area contributed by atoms with Crippen LogP contribution in [0.15, 0.2) is 59.0 Å². The second kappa shape index (κ2) is 9.11. The quantitative estimate of drug-likeness (QED) is 0.384. The number of fused-ring (bicyclic) bond motifs is 1. The molecule has 168 valence electrons. The fraction of sp³-hybridized carbons (Fsp3) is 0.231. The van der Waals surface area contributed by atoms with Crippen molar-refractivity contribution < 1.29 is 9.59 Å². The second-order valence-corrected chi connectivity index (χ2v) is 8.99. The van der Waals surface area contributed by atoms with Crippen LogP contribution in [0, 0.1) is 13.8 Å². The number of nitrogens with zero attached hydrogens (tertiary/aromatic N) is 2. The van der Waals surface area contributed by atoms with Crippen LogP contribution in [-0.2, 0) is 4.79 Å². The first kappa shape index (κ1) is 22.6. The Hall–Kier alpha value is -3.58. The van der Waals surface area contributed by atoms with E-state index in [0.717, 1.165) is 16.7 Å². The molecule has 2 aromatic heterocycles. The van der Waals surface area contributed by atoms with Crippen molar-refractivity contribution in [3.8, 4) is 11.1 Å². The van der Waals surface area contributed by atoms with Crippen LogP contribution in [0.4, 0.5) is 5.69 Å². The predicted octanol–water partition coefficient (Wildman–Crippen LogP) is 5.53. The first-order valence-corrected chi connectivity index (χ1v) is 11.7. The number of hydrogen-bond donors (Lipinski definition) is 1. The normalized spacial score (nSPS) is 12.0. The molecule has 0 aliphatic heterocycles. The number of ketones is 1. The van der Waals surface area contributed by atoms with Crippen molar-refractivity contribution in [1.82, 2.24) is 9.55 Å². The topological polar surface area (TPSA) is 81.1 Å². The molecule has 1 N–H and O–H groups in total. The third-order valence-corrected chi connectivity index (χ3v) is 6.79. The van der Waals surface area contributed by atoms with E-state index < -0.39 is 6.04 Å². The lowest BCUT2D eigenvalue weighted by Gasteiger charge is -2.18. The van der Waals surface area contributed by atoms with Gasteiger partial charge in [0.1, 0.15) is 10.9 Å². The highest BCUT2D eigenvalue weighted by atomic mass is 32.1. The van der Waals surface area contributed by atoms with E-state index in [1.54, 1.807) is 24.3 Å². The molecule has 6 nitrogen and oxygen atoms in total. The number of anilines is 1. The molecule has 0 fully saturated rings. The molecule has 1 atom stereocenters. The lowest BCUT2D eigenvalue weighted by Crippen LogP contribution is -2.33. The summed E-state index contributed by atoms with van der Waals surface area (Å²) >= 11 is 1.42. The fourth-order valence-electron chi connectivity index (χ4n) is 3.84. The highest BCUT2D eigenvalue weighted by Gasteiger charge is 2.23. The molecule has 7 heteroatoms. The van der Waals surface area contributed by atoms with Gasteiger partial charge < -0.3 is 5.32 Å². The van der Waals surface area contributed by atoms with E-state index in [1.807, 2.05) is 31.4 Å². The largest absolute Gasteiger partial charge is 0.324 e. The Morgan fingerprint density at radius 2 is 1.91 bits per heavy atom. The number of Topliss-reactive ketones (excluding diaryl/α,β-unsaturated/α-hetero) is 1. The van der Waals surface area contributed by atoms with E-state index in [1.165, 1.54) is 34.7 Å². The van der Waals surface area contributed by atoms with Crippen molar-refractivity contribution >= 4 is 38.9 Å². The Morgan fingerprint density at radius 3 is 2.61 bits per heavy atom. The maximum atomic E-state index is 13.5. The summed E-state index contributed by atoms with van der Waals surface area (Å²) in [6.07, 6.45) is 1.86. The summed E-state index contributed by atoms with van der Waals surface area (Å²) in [6.45, 7) is 7.42. The molecule has 0 aliphatic carbocycles. The van der Waals surface area contributed by atoms with E-state index in [0.29, 0.717) is 27.9 Å². The number of aryl methyl sites for hydroxylation is 2. The summed E-state index contributed by atoms with van der Waals surface area (Å²) in [6, 6.07) is 12.2. The van der Waals surface area contributed by atoms with Crippen LogP contribution in [0.25, 0.3) is 21.3 Å². The smallest absolute Gasteiger partial charge is 0.263 e. The molecule has 4 rings (SSSR count). The molecular weight excluding hydrogens is 434 g/mol. The van der Waals surface area contributed by atoms with Gasteiger partial charge in [0.15, 0.2) is 5.78 Å². The van der Waals surface area contributed by atoms with Gasteiger partial charge in [-0.3, -0.25) is 19.0 Å². The molecule has 33 heavy (non-hydrogen) atoms. The van der Waals surface area contributed by atoms with Crippen LogP contribution in [0.1, 0.15) is 47.8 Å². The molecule has 4 aromatic rings. The standard InChI is InChI=1S/C26H25N3O3S/c1-5-22(24(31)28-20-8-6-7-18(12-20)17(4)30)29-14-27-25-23(26(29)32)21(13-33-25)19-10-9-15(2)16(3)11-19/h6-14,22H,5H2,1-4H3,(H,28,31). The van der Waals surface area contributed by atoms with Gasteiger partial charge in [0, 0.05) is 22.2 Å². The maximum Gasteiger partial charge on any atom is 0.263 e. The van der Waals surface area contributed by atoms with Crippen molar-refractivity contribution in [2.24, 2.45) is 0 Å². The zero-order valence-corrected chi connectivity index (χ0v) is 19.8. The minimum Gasteiger partial charge on any atom is -0.324 e. The zero-order valence-electron chi connectivity index (χ0n) is 19.0. The second-order valence-electron chi connectivity index (χ2n) is 8.14. The van der Waals surface area contributed by atoms with Crippen LogP contribution in [0.2, 0.25) is 0 Å². The molecule has 0 radical (unpaired) electrons. The number of thiophene rings is 1. The summed E-state index contributed by atoms with van der Waals surface area (Å²) in [4.78, 5) is 43.4. The first-order chi connectivity index (χ1) is 15.8. The van der Waals surface area contributed by atoms with E-state index in [4.69, 9.17) is 0 Å². The monoisotopic (exact) mass is 459 g/mol. The number of carbonyl (C=O) groups is 2. The Balaban J connectivity index is 1.73. The number of amides is 1. The Labute approximate surface area is 195 Å². The average Bonchev–Trinajstić information content (AvgIpc) is 3.23. The summed E-state index contributed by atoms with van der Waals surface area (Å²) in [5.74, 6) is -0.412. The minimum absolute atomic E-state index is 0.0830.